The Balaban J connectivity index is 2.99. The van der Waals surface area contributed by atoms with Crippen LogP contribution in [0.4, 0.5) is 5.69 Å². The Kier molecular flexibility index (Phi) is 3.25. The Bertz CT molecular complexity index is 328. The molecule has 0 amide bonds. The quantitative estimate of drug-likeness (QED) is 0.634. The highest BCUT2D eigenvalue weighted by Crippen LogP contribution is 2.16. The van der Waals surface area contributed by atoms with Gasteiger partial charge in [-0.15, -0.1) is 0 Å². The van der Waals surface area contributed by atoms with Crippen molar-refractivity contribution >= 4 is 27.6 Å². The highest BCUT2D eigenvalue weighted by atomic mass is 79.9. The molecule has 0 saturated heterocycles. The first-order valence-electron chi connectivity index (χ1n) is 3.73. The zero-order valence-corrected chi connectivity index (χ0v) is 8.67. The van der Waals surface area contributed by atoms with E-state index in [0.717, 1.165) is 0 Å². The van der Waals surface area contributed by atoms with E-state index in [4.69, 9.17) is 10.5 Å². The van der Waals surface area contributed by atoms with E-state index < -0.39 is 5.97 Å². The monoisotopic (exact) mass is 244 g/mol. The first kappa shape index (κ1) is 9.98. The van der Waals surface area contributed by atoms with Crippen LogP contribution in [0.2, 0.25) is 0 Å². The Morgan fingerprint density at radius 1 is 1.77 bits per heavy atom. The lowest BCUT2D eigenvalue weighted by Gasteiger charge is -2.03. The maximum atomic E-state index is 11.3. The highest BCUT2D eigenvalue weighted by Gasteiger charge is 2.11. The summed E-state index contributed by atoms with van der Waals surface area (Å²) in [4.78, 5) is 15.1. The minimum Gasteiger partial charge on any atom is -0.462 e. The fourth-order valence-electron chi connectivity index (χ4n) is 0.816. The SMILES string of the molecule is CCOC(=O)c1cc(N)cnc1Br. The van der Waals surface area contributed by atoms with Crippen molar-refractivity contribution in [1.29, 1.82) is 0 Å². The maximum absolute atomic E-state index is 11.3. The molecule has 1 rings (SSSR count). The molecule has 13 heavy (non-hydrogen) atoms. The van der Waals surface area contributed by atoms with E-state index in [2.05, 4.69) is 20.9 Å². The van der Waals surface area contributed by atoms with E-state index in [9.17, 15) is 4.79 Å². The van der Waals surface area contributed by atoms with Crippen LogP contribution in [0.25, 0.3) is 0 Å². The van der Waals surface area contributed by atoms with Gasteiger partial charge in [0, 0.05) is 0 Å². The van der Waals surface area contributed by atoms with Gasteiger partial charge in [0.2, 0.25) is 0 Å². The van der Waals surface area contributed by atoms with Crippen molar-refractivity contribution in [3.05, 3.63) is 22.4 Å². The smallest absolute Gasteiger partial charge is 0.340 e. The summed E-state index contributed by atoms with van der Waals surface area (Å²) in [7, 11) is 0. The Morgan fingerprint density at radius 2 is 2.46 bits per heavy atom. The number of hydrogen-bond acceptors (Lipinski definition) is 4. The fourth-order valence-corrected chi connectivity index (χ4v) is 1.19. The molecule has 2 N–H and O–H groups in total. The number of ether oxygens (including phenoxy) is 1. The second kappa shape index (κ2) is 4.23. The summed E-state index contributed by atoms with van der Waals surface area (Å²) in [6, 6.07) is 1.52. The van der Waals surface area contributed by atoms with E-state index in [1.54, 1.807) is 6.92 Å². The number of hydrogen-bond donors (Lipinski definition) is 1. The van der Waals surface area contributed by atoms with Gasteiger partial charge >= 0.3 is 5.97 Å². The van der Waals surface area contributed by atoms with Crippen LogP contribution in [0.5, 0.6) is 0 Å². The van der Waals surface area contributed by atoms with Crippen molar-refractivity contribution in [3.8, 4) is 0 Å². The van der Waals surface area contributed by atoms with Gasteiger partial charge in [0.1, 0.15) is 4.60 Å². The molecule has 0 aliphatic heterocycles. The largest absolute Gasteiger partial charge is 0.462 e. The van der Waals surface area contributed by atoms with Crippen LogP contribution in [-0.4, -0.2) is 17.6 Å². The number of carbonyl (C=O) groups excluding carboxylic acids is 1. The summed E-state index contributed by atoms with van der Waals surface area (Å²) in [5, 5.41) is 0. The number of nitrogen functional groups attached to an aromatic ring is 1. The second-order valence-corrected chi connectivity index (χ2v) is 3.08. The molecular formula is C8H9BrN2O2. The number of carbonyl (C=O) groups is 1. The number of nitrogens with two attached hydrogens (primary N) is 1. The molecule has 0 spiro atoms. The zero-order chi connectivity index (χ0) is 9.84. The van der Waals surface area contributed by atoms with E-state index in [1.807, 2.05) is 0 Å². The molecule has 0 atom stereocenters. The molecule has 0 bridgehead atoms. The third-order valence-corrected chi connectivity index (χ3v) is 1.99. The first-order valence-corrected chi connectivity index (χ1v) is 4.52. The van der Waals surface area contributed by atoms with Gasteiger partial charge in [-0.25, -0.2) is 9.78 Å². The van der Waals surface area contributed by atoms with Gasteiger partial charge in [-0.1, -0.05) is 0 Å². The molecule has 0 aromatic carbocycles. The molecule has 0 aliphatic carbocycles. The molecule has 0 radical (unpaired) electrons. The van der Waals surface area contributed by atoms with Crippen LogP contribution < -0.4 is 5.73 Å². The van der Waals surface area contributed by atoms with Crippen LogP contribution in [0.15, 0.2) is 16.9 Å². The van der Waals surface area contributed by atoms with E-state index in [0.29, 0.717) is 22.5 Å². The summed E-state index contributed by atoms with van der Waals surface area (Å²) in [6.07, 6.45) is 1.47. The minimum absolute atomic E-state index is 0.333. The van der Waals surface area contributed by atoms with Crippen molar-refractivity contribution in [2.75, 3.05) is 12.3 Å². The van der Waals surface area contributed by atoms with Crippen molar-refractivity contribution in [2.24, 2.45) is 0 Å². The number of rotatable bonds is 2. The molecule has 0 fully saturated rings. The van der Waals surface area contributed by atoms with E-state index >= 15 is 0 Å². The van der Waals surface area contributed by atoms with Gasteiger partial charge in [-0.3, -0.25) is 0 Å². The first-order chi connectivity index (χ1) is 6.15. The fraction of sp³-hybridized carbons (Fsp3) is 0.250. The highest BCUT2D eigenvalue weighted by molar-refractivity contribution is 9.10. The number of halogens is 1. The number of nitrogens with zero attached hydrogens (tertiary/aromatic N) is 1. The number of esters is 1. The van der Waals surface area contributed by atoms with Crippen LogP contribution >= 0.6 is 15.9 Å². The van der Waals surface area contributed by atoms with Gasteiger partial charge < -0.3 is 10.5 Å². The van der Waals surface area contributed by atoms with Crippen molar-refractivity contribution in [1.82, 2.24) is 4.98 Å². The molecule has 1 heterocycles. The van der Waals surface area contributed by atoms with Gasteiger partial charge in [-0.2, -0.15) is 0 Å². The number of pyridine rings is 1. The molecule has 70 valence electrons. The number of aromatic nitrogens is 1. The summed E-state index contributed by atoms with van der Waals surface area (Å²) in [5.74, 6) is -0.422. The molecule has 0 unspecified atom stereocenters. The van der Waals surface area contributed by atoms with E-state index in [1.165, 1.54) is 12.3 Å². The minimum atomic E-state index is -0.422. The summed E-state index contributed by atoms with van der Waals surface area (Å²) in [5.41, 5.74) is 6.26. The topological polar surface area (TPSA) is 65.2 Å². The summed E-state index contributed by atoms with van der Waals surface area (Å²) >= 11 is 3.13. The predicted molar refractivity (Wildman–Crippen MR) is 52.3 cm³/mol. The van der Waals surface area contributed by atoms with Crippen LogP contribution in [0.1, 0.15) is 17.3 Å². The Hall–Kier alpha value is -1.10. The van der Waals surface area contributed by atoms with Crippen molar-refractivity contribution in [2.45, 2.75) is 6.92 Å². The molecule has 0 saturated carbocycles. The Labute approximate surface area is 84.2 Å². The average molecular weight is 245 g/mol. The molecule has 5 heteroatoms. The summed E-state index contributed by atoms with van der Waals surface area (Å²) in [6.45, 7) is 2.08. The van der Waals surface area contributed by atoms with Crippen LogP contribution in [-0.2, 0) is 4.74 Å². The lowest BCUT2D eigenvalue weighted by Crippen LogP contribution is -2.07. The maximum Gasteiger partial charge on any atom is 0.340 e. The lowest BCUT2D eigenvalue weighted by molar-refractivity contribution is 0.0525. The third kappa shape index (κ3) is 2.42. The average Bonchev–Trinajstić information content (AvgIpc) is 2.09. The Morgan fingerprint density at radius 3 is 3.08 bits per heavy atom. The molecule has 1 aromatic heterocycles. The van der Waals surface area contributed by atoms with Gasteiger partial charge in [0.15, 0.2) is 0 Å². The third-order valence-electron chi connectivity index (χ3n) is 1.36. The van der Waals surface area contributed by atoms with Gasteiger partial charge in [0.05, 0.1) is 24.1 Å². The normalized spacial score (nSPS) is 9.69. The van der Waals surface area contributed by atoms with Crippen LogP contribution in [0.3, 0.4) is 0 Å². The van der Waals surface area contributed by atoms with Crippen molar-refractivity contribution in [3.63, 3.8) is 0 Å². The number of anilines is 1. The molecule has 0 aliphatic rings. The second-order valence-electron chi connectivity index (χ2n) is 2.33. The van der Waals surface area contributed by atoms with Crippen LogP contribution in [0, 0.1) is 0 Å². The van der Waals surface area contributed by atoms with Gasteiger partial charge in [-0.05, 0) is 28.9 Å². The standard InChI is InChI=1S/C8H9BrN2O2/c1-2-13-8(12)6-3-5(10)4-11-7(6)9/h3-4H,2,10H2,1H3. The summed E-state index contributed by atoms with van der Waals surface area (Å²) < 4.78 is 5.24. The molecule has 1 aromatic rings. The molecule has 4 nitrogen and oxygen atoms in total. The van der Waals surface area contributed by atoms with Crippen molar-refractivity contribution < 1.29 is 9.53 Å². The van der Waals surface area contributed by atoms with Gasteiger partial charge in [0.25, 0.3) is 0 Å². The predicted octanol–water partition coefficient (Wildman–Crippen LogP) is 1.60. The molecular weight excluding hydrogens is 236 g/mol. The van der Waals surface area contributed by atoms with E-state index in [-0.39, 0.29) is 0 Å². The zero-order valence-electron chi connectivity index (χ0n) is 7.08. The lowest BCUT2D eigenvalue weighted by atomic mass is 10.3.